The van der Waals surface area contributed by atoms with Crippen molar-refractivity contribution in [3.8, 4) is 11.4 Å². The van der Waals surface area contributed by atoms with Crippen LogP contribution in [0.15, 0.2) is 30.5 Å². The fourth-order valence-electron chi connectivity index (χ4n) is 2.04. The molecule has 1 aromatic carbocycles. The predicted molar refractivity (Wildman–Crippen MR) is 85.1 cm³/mol. The molecule has 0 saturated carbocycles. The first kappa shape index (κ1) is 14.8. The minimum Gasteiger partial charge on any atom is -0.387 e. The van der Waals surface area contributed by atoms with Crippen molar-refractivity contribution in [2.24, 2.45) is 0 Å². The normalized spacial score (nSPS) is 10.9. The number of benzene rings is 1. The Labute approximate surface area is 135 Å². The summed E-state index contributed by atoms with van der Waals surface area (Å²) in [6.07, 6.45) is 1.51. The number of rotatable bonds is 3. The van der Waals surface area contributed by atoms with Crippen molar-refractivity contribution in [1.29, 1.82) is 0 Å². The maximum absolute atomic E-state index is 11.3. The molecular weight excluding hydrogens is 327 g/mol. The van der Waals surface area contributed by atoms with Gasteiger partial charge in [-0.05, 0) is 18.2 Å². The highest BCUT2D eigenvalue weighted by atomic mass is 35.5. The molecule has 0 aliphatic carbocycles. The number of aromatic amines is 1. The maximum Gasteiger partial charge on any atom is 0.251 e. The van der Waals surface area contributed by atoms with E-state index in [4.69, 9.17) is 28.3 Å². The van der Waals surface area contributed by atoms with Crippen LogP contribution >= 0.6 is 23.2 Å². The second-order valence-corrected chi connectivity index (χ2v) is 5.26. The zero-order chi connectivity index (χ0) is 15.7. The van der Waals surface area contributed by atoms with Crippen molar-refractivity contribution in [3.63, 3.8) is 0 Å². The highest BCUT2D eigenvalue weighted by molar-refractivity contribution is 6.39. The minimum atomic E-state index is -0.630. The Bertz CT molecular complexity index is 843. The molecule has 0 atom stereocenters. The lowest BCUT2D eigenvalue weighted by Gasteiger charge is -2.03. The van der Waals surface area contributed by atoms with Gasteiger partial charge in [0.05, 0.1) is 21.1 Å². The smallest absolute Gasteiger partial charge is 0.251 e. The van der Waals surface area contributed by atoms with Crippen LogP contribution in [0.3, 0.4) is 0 Å². The molecule has 3 aromatic rings. The molecule has 0 saturated heterocycles. The first-order valence-corrected chi connectivity index (χ1v) is 7.05. The SMILES string of the molecule is O=C(CO)Nc1nccc2nc(-c3c(Cl)cccc3Cl)[nH]c12. The van der Waals surface area contributed by atoms with Crippen LogP contribution in [0, 0.1) is 0 Å². The number of imidazole rings is 1. The number of halogens is 2. The van der Waals surface area contributed by atoms with Crippen molar-refractivity contribution in [2.75, 3.05) is 11.9 Å². The number of aliphatic hydroxyl groups excluding tert-OH is 1. The molecule has 112 valence electrons. The molecule has 8 heteroatoms. The van der Waals surface area contributed by atoms with Gasteiger partial charge in [-0.3, -0.25) is 4.79 Å². The van der Waals surface area contributed by atoms with E-state index in [0.717, 1.165) is 0 Å². The molecule has 0 fully saturated rings. The summed E-state index contributed by atoms with van der Waals surface area (Å²) in [5.41, 5.74) is 1.69. The van der Waals surface area contributed by atoms with Crippen LogP contribution in [-0.2, 0) is 4.79 Å². The average Bonchev–Trinajstić information content (AvgIpc) is 2.91. The van der Waals surface area contributed by atoms with Crippen LogP contribution in [0.25, 0.3) is 22.4 Å². The summed E-state index contributed by atoms with van der Waals surface area (Å²) < 4.78 is 0. The molecule has 0 aliphatic rings. The van der Waals surface area contributed by atoms with E-state index in [-0.39, 0.29) is 5.82 Å². The summed E-state index contributed by atoms with van der Waals surface area (Å²) in [6, 6.07) is 6.85. The number of pyridine rings is 1. The summed E-state index contributed by atoms with van der Waals surface area (Å²) in [7, 11) is 0. The summed E-state index contributed by atoms with van der Waals surface area (Å²) >= 11 is 12.4. The number of carbonyl (C=O) groups excluding carboxylic acids is 1. The van der Waals surface area contributed by atoms with Gasteiger partial charge in [-0.1, -0.05) is 29.3 Å². The van der Waals surface area contributed by atoms with Crippen LogP contribution in [0.2, 0.25) is 10.0 Å². The number of anilines is 1. The van der Waals surface area contributed by atoms with Gasteiger partial charge in [-0.25, -0.2) is 9.97 Å². The van der Waals surface area contributed by atoms with Crippen LogP contribution in [0.4, 0.5) is 5.82 Å². The topological polar surface area (TPSA) is 90.9 Å². The fraction of sp³-hybridized carbons (Fsp3) is 0.0714. The number of H-pyrrole nitrogens is 1. The Morgan fingerprint density at radius 2 is 2.00 bits per heavy atom. The average molecular weight is 337 g/mol. The van der Waals surface area contributed by atoms with Crippen molar-refractivity contribution in [3.05, 3.63) is 40.5 Å². The standard InChI is InChI=1S/C14H10Cl2N4O2/c15-7-2-1-3-8(16)11(7)13-18-9-4-5-17-14(12(9)20-13)19-10(22)6-21/h1-5,21H,6H2,(H,18,20)(H,17,19,22). The van der Waals surface area contributed by atoms with E-state index in [1.807, 2.05) is 0 Å². The molecule has 0 radical (unpaired) electrons. The molecule has 22 heavy (non-hydrogen) atoms. The largest absolute Gasteiger partial charge is 0.387 e. The van der Waals surface area contributed by atoms with E-state index in [2.05, 4.69) is 20.3 Å². The van der Waals surface area contributed by atoms with E-state index < -0.39 is 12.5 Å². The first-order valence-electron chi connectivity index (χ1n) is 6.30. The molecule has 0 spiro atoms. The number of aromatic nitrogens is 3. The van der Waals surface area contributed by atoms with Crippen molar-refractivity contribution in [1.82, 2.24) is 15.0 Å². The Hall–Kier alpha value is -2.15. The molecule has 2 aromatic heterocycles. The van der Waals surface area contributed by atoms with Crippen LogP contribution < -0.4 is 5.32 Å². The number of hydrogen-bond donors (Lipinski definition) is 3. The van der Waals surface area contributed by atoms with Crippen LogP contribution in [-0.4, -0.2) is 32.6 Å². The number of aliphatic hydroxyl groups is 1. The highest BCUT2D eigenvalue weighted by Crippen LogP contribution is 2.34. The highest BCUT2D eigenvalue weighted by Gasteiger charge is 2.15. The van der Waals surface area contributed by atoms with E-state index in [0.29, 0.717) is 32.5 Å². The Kier molecular flexibility index (Phi) is 3.98. The molecule has 3 rings (SSSR count). The van der Waals surface area contributed by atoms with Gasteiger partial charge in [0.25, 0.3) is 5.91 Å². The fourth-order valence-corrected chi connectivity index (χ4v) is 2.62. The van der Waals surface area contributed by atoms with Gasteiger partial charge in [0.15, 0.2) is 5.82 Å². The van der Waals surface area contributed by atoms with E-state index in [1.165, 1.54) is 6.20 Å². The zero-order valence-electron chi connectivity index (χ0n) is 11.1. The van der Waals surface area contributed by atoms with Gasteiger partial charge in [0, 0.05) is 6.20 Å². The lowest BCUT2D eigenvalue weighted by Crippen LogP contribution is -2.16. The number of amides is 1. The molecular formula is C14H10Cl2N4O2. The number of hydrogen-bond acceptors (Lipinski definition) is 4. The van der Waals surface area contributed by atoms with Crippen molar-refractivity contribution < 1.29 is 9.90 Å². The molecule has 0 unspecified atom stereocenters. The Morgan fingerprint density at radius 3 is 2.68 bits per heavy atom. The molecule has 3 N–H and O–H groups in total. The Balaban J connectivity index is 2.14. The maximum atomic E-state index is 11.3. The van der Waals surface area contributed by atoms with E-state index in [1.54, 1.807) is 24.3 Å². The lowest BCUT2D eigenvalue weighted by atomic mass is 10.2. The van der Waals surface area contributed by atoms with E-state index >= 15 is 0 Å². The van der Waals surface area contributed by atoms with Gasteiger partial charge >= 0.3 is 0 Å². The third kappa shape index (κ3) is 2.64. The van der Waals surface area contributed by atoms with Gasteiger partial charge in [0.2, 0.25) is 0 Å². The number of nitrogens with zero attached hydrogens (tertiary/aromatic N) is 2. The summed E-state index contributed by atoms with van der Waals surface area (Å²) in [6.45, 7) is -0.630. The predicted octanol–water partition coefficient (Wildman–Crippen LogP) is 2.86. The van der Waals surface area contributed by atoms with Gasteiger partial charge in [-0.15, -0.1) is 0 Å². The third-order valence-corrected chi connectivity index (χ3v) is 3.64. The Morgan fingerprint density at radius 1 is 1.27 bits per heavy atom. The van der Waals surface area contributed by atoms with Gasteiger partial charge < -0.3 is 15.4 Å². The molecule has 6 nitrogen and oxygen atoms in total. The summed E-state index contributed by atoms with van der Waals surface area (Å²) in [4.78, 5) is 22.9. The summed E-state index contributed by atoms with van der Waals surface area (Å²) in [5.74, 6) is 0.184. The minimum absolute atomic E-state index is 0.276. The van der Waals surface area contributed by atoms with Crippen LogP contribution in [0.1, 0.15) is 0 Å². The number of carbonyl (C=O) groups is 1. The first-order chi connectivity index (χ1) is 10.6. The second kappa shape index (κ2) is 5.92. The van der Waals surface area contributed by atoms with Crippen LogP contribution in [0.5, 0.6) is 0 Å². The number of nitrogens with one attached hydrogen (secondary N) is 2. The second-order valence-electron chi connectivity index (χ2n) is 4.44. The van der Waals surface area contributed by atoms with Gasteiger partial charge in [-0.2, -0.15) is 0 Å². The molecule has 1 amide bonds. The molecule has 0 aliphatic heterocycles. The zero-order valence-corrected chi connectivity index (χ0v) is 12.6. The number of fused-ring (bicyclic) bond motifs is 1. The van der Waals surface area contributed by atoms with E-state index in [9.17, 15) is 4.79 Å². The lowest BCUT2D eigenvalue weighted by molar-refractivity contribution is -0.118. The molecule has 2 heterocycles. The third-order valence-electron chi connectivity index (χ3n) is 3.01. The monoisotopic (exact) mass is 336 g/mol. The molecule has 0 bridgehead atoms. The van der Waals surface area contributed by atoms with Crippen molar-refractivity contribution in [2.45, 2.75) is 0 Å². The van der Waals surface area contributed by atoms with Crippen molar-refractivity contribution >= 4 is 46.0 Å². The van der Waals surface area contributed by atoms with Gasteiger partial charge in [0.1, 0.15) is 17.9 Å². The summed E-state index contributed by atoms with van der Waals surface area (Å²) in [5, 5.41) is 12.2. The quantitative estimate of drug-likeness (QED) is 0.685.